The van der Waals surface area contributed by atoms with Gasteiger partial charge < -0.3 is 19.9 Å². The van der Waals surface area contributed by atoms with Crippen LogP contribution in [0.15, 0.2) is 37.2 Å². The number of carbonyl (C=O) groups excluding carboxylic acids is 1. The first-order valence-corrected chi connectivity index (χ1v) is 13.4. The Bertz CT molecular complexity index is 1460. The van der Waals surface area contributed by atoms with Crippen molar-refractivity contribution >= 4 is 22.8 Å². The molecular formula is C30H34N6O2. The van der Waals surface area contributed by atoms with Gasteiger partial charge in [0.05, 0.1) is 12.5 Å². The number of nitrogens with zero attached hydrogens (tertiary/aromatic N) is 5. The molecule has 8 nitrogen and oxygen atoms in total. The van der Waals surface area contributed by atoms with E-state index in [0.29, 0.717) is 23.7 Å². The molecule has 2 saturated heterocycles. The lowest BCUT2D eigenvalue weighted by atomic mass is 9.93. The van der Waals surface area contributed by atoms with E-state index in [2.05, 4.69) is 51.5 Å². The van der Waals surface area contributed by atoms with Gasteiger partial charge >= 0.3 is 0 Å². The van der Waals surface area contributed by atoms with Crippen molar-refractivity contribution in [1.29, 1.82) is 0 Å². The fraction of sp³-hybridized carbons (Fsp3) is 0.433. The fourth-order valence-electron chi connectivity index (χ4n) is 5.95. The van der Waals surface area contributed by atoms with E-state index >= 15 is 0 Å². The second kappa shape index (κ2) is 9.80. The van der Waals surface area contributed by atoms with Crippen molar-refractivity contribution in [3.8, 4) is 28.7 Å². The van der Waals surface area contributed by atoms with Crippen LogP contribution in [0.3, 0.4) is 0 Å². The van der Waals surface area contributed by atoms with Gasteiger partial charge in [0.25, 0.3) is 0 Å². The minimum absolute atomic E-state index is 0.0340. The van der Waals surface area contributed by atoms with Crippen LogP contribution in [0.1, 0.15) is 42.9 Å². The Kier molecular flexibility index (Phi) is 6.32. The third-order valence-corrected chi connectivity index (χ3v) is 8.31. The molecule has 2 aliphatic heterocycles. The number of ether oxygens (including phenoxy) is 1. The highest BCUT2D eigenvalue weighted by atomic mass is 16.5. The molecule has 0 atom stereocenters. The van der Waals surface area contributed by atoms with Crippen LogP contribution in [0.2, 0.25) is 0 Å². The molecule has 196 valence electrons. The molecule has 1 aliphatic carbocycles. The molecule has 4 heterocycles. The van der Waals surface area contributed by atoms with Gasteiger partial charge in [0.2, 0.25) is 5.91 Å². The molecule has 0 spiro atoms. The predicted molar refractivity (Wildman–Crippen MR) is 149 cm³/mol. The number of hydrogen-bond donors (Lipinski definition) is 1. The van der Waals surface area contributed by atoms with E-state index in [4.69, 9.17) is 10.5 Å². The molecule has 3 aliphatic rings. The van der Waals surface area contributed by atoms with E-state index in [1.165, 1.54) is 30.8 Å². The third kappa shape index (κ3) is 4.31. The quantitative estimate of drug-likeness (QED) is 0.417. The number of benzene rings is 1. The van der Waals surface area contributed by atoms with Crippen LogP contribution in [-0.2, 0) is 11.8 Å². The van der Waals surface area contributed by atoms with Crippen molar-refractivity contribution in [3.63, 3.8) is 0 Å². The number of methoxy groups -OCH3 is 1. The summed E-state index contributed by atoms with van der Waals surface area (Å²) in [5.41, 5.74) is 11.3. The Balaban J connectivity index is 1.26. The minimum atomic E-state index is 0.0340. The largest absolute Gasteiger partial charge is 0.496 e. The molecule has 1 aromatic carbocycles. The maximum atomic E-state index is 11.9. The van der Waals surface area contributed by atoms with Gasteiger partial charge in [-0.15, -0.1) is 0 Å². The summed E-state index contributed by atoms with van der Waals surface area (Å²) in [5.74, 6) is 9.33. The summed E-state index contributed by atoms with van der Waals surface area (Å²) in [6, 6.07) is 6.95. The first-order chi connectivity index (χ1) is 18.5. The number of nitrogen functional groups attached to an aromatic ring is 1. The summed E-state index contributed by atoms with van der Waals surface area (Å²) in [4.78, 5) is 25.1. The van der Waals surface area contributed by atoms with Crippen LogP contribution in [-0.4, -0.2) is 69.6 Å². The second-order valence-electron chi connectivity index (χ2n) is 10.7. The molecule has 2 N–H and O–H groups in total. The molecular weight excluding hydrogens is 476 g/mol. The van der Waals surface area contributed by atoms with Gasteiger partial charge in [-0.1, -0.05) is 24.6 Å². The molecule has 6 rings (SSSR count). The fourth-order valence-corrected chi connectivity index (χ4v) is 5.95. The lowest BCUT2D eigenvalue weighted by Gasteiger charge is -2.45. The Morgan fingerprint density at radius 1 is 1.18 bits per heavy atom. The second-order valence-corrected chi connectivity index (χ2v) is 10.7. The van der Waals surface area contributed by atoms with Crippen LogP contribution in [0, 0.1) is 17.8 Å². The summed E-state index contributed by atoms with van der Waals surface area (Å²) >= 11 is 0. The van der Waals surface area contributed by atoms with Crippen molar-refractivity contribution in [1.82, 2.24) is 24.3 Å². The Morgan fingerprint density at radius 2 is 1.95 bits per heavy atom. The van der Waals surface area contributed by atoms with Crippen molar-refractivity contribution < 1.29 is 9.53 Å². The maximum absolute atomic E-state index is 11.9. The average Bonchev–Trinajstić information content (AvgIpc) is 3.72. The van der Waals surface area contributed by atoms with E-state index in [0.717, 1.165) is 72.6 Å². The first-order valence-electron chi connectivity index (χ1n) is 13.4. The molecule has 1 saturated carbocycles. The van der Waals surface area contributed by atoms with Crippen molar-refractivity contribution in [3.05, 3.63) is 48.4 Å². The Hall–Kier alpha value is -3.83. The zero-order valence-corrected chi connectivity index (χ0v) is 22.1. The van der Waals surface area contributed by atoms with Gasteiger partial charge in [-0.05, 0) is 60.8 Å². The number of piperidine rings is 1. The van der Waals surface area contributed by atoms with Gasteiger partial charge in [-0.2, -0.15) is 0 Å². The number of aromatic nitrogens is 3. The summed E-state index contributed by atoms with van der Waals surface area (Å²) in [5, 5.41) is 0.830. The number of anilines is 1. The highest BCUT2D eigenvalue weighted by molar-refractivity contribution is 6.03. The van der Waals surface area contributed by atoms with Crippen molar-refractivity contribution in [2.45, 2.75) is 37.6 Å². The smallest absolute Gasteiger partial charge is 0.245 e. The van der Waals surface area contributed by atoms with Gasteiger partial charge in [0, 0.05) is 50.7 Å². The minimum Gasteiger partial charge on any atom is -0.496 e. The van der Waals surface area contributed by atoms with Gasteiger partial charge in [0.15, 0.2) is 0 Å². The van der Waals surface area contributed by atoms with Crippen LogP contribution < -0.4 is 10.5 Å². The SMILES string of the molecule is C=CC(=O)N1CCC(N2CC(C#Cc3c(-c4ccc(C5CC5)c(OC)c4)c4c(N)ncnc4n3C)C2)CC1. The Morgan fingerprint density at radius 3 is 2.63 bits per heavy atom. The summed E-state index contributed by atoms with van der Waals surface area (Å²) in [6.07, 6.45) is 7.35. The number of carbonyl (C=O) groups is 1. The van der Waals surface area contributed by atoms with Crippen LogP contribution in [0.5, 0.6) is 5.75 Å². The number of aryl methyl sites for hydroxylation is 1. The average molecular weight is 511 g/mol. The van der Waals surface area contributed by atoms with E-state index in [1.807, 2.05) is 16.5 Å². The molecule has 3 aromatic rings. The zero-order chi connectivity index (χ0) is 26.4. The summed E-state index contributed by atoms with van der Waals surface area (Å²) in [6.45, 7) is 7.12. The molecule has 0 unspecified atom stereocenters. The molecule has 3 fully saturated rings. The van der Waals surface area contributed by atoms with Gasteiger partial charge in [0.1, 0.15) is 29.2 Å². The zero-order valence-electron chi connectivity index (χ0n) is 22.1. The van der Waals surface area contributed by atoms with Crippen LogP contribution in [0.25, 0.3) is 22.2 Å². The molecule has 0 radical (unpaired) electrons. The molecule has 8 heteroatoms. The van der Waals surface area contributed by atoms with Gasteiger partial charge in [-0.3, -0.25) is 9.69 Å². The predicted octanol–water partition coefficient (Wildman–Crippen LogP) is 3.56. The van der Waals surface area contributed by atoms with Crippen molar-refractivity contribution in [2.75, 3.05) is 39.0 Å². The number of rotatable bonds is 5. The monoisotopic (exact) mass is 510 g/mol. The van der Waals surface area contributed by atoms with E-state index in [1.54, 1.807) is 7.11 Å². The highest BCUT2D eigenvalue weighted by Gasteiger charge is 2.34. The van der Waals surface area contributed by atoms with Gasteiger partial charge in [-0.25, -0.2) is 9.97 Å². The number of fused-ring (bicyclic) bond motifs is 1. The van der Waals surface area contributed by atoms with Crippen LogP contribution >= 0.6 is 0 Å². The lowest BCUT2D eigenvalue weighted by Crippen LogP contribution is -2.55. The Labute approximate surface area is 223 Å². The normalized spacial score (nSPS) is 18.6. The molecule has 0 bridgehead atoms. The number of likely N-dealkylation sites (tertiary alicyclic amines) is 2. The van der Waals surface area contributed by atoms with E-state index in [-0.39, 0.29) is 5.91 Å². The standard InChI is InChI=1S/C30H34N6O2/c1-4-26(37)35-13-11-22(12-14-35)36-16-19(17-36)5-10-24-27(28-29(31)32-18-33-30(28)34(24)2)21-8-9-23(20-6-7-20)25(15-21)38-3/h4,8-9,15,18-20,22H,1,6-7,11-14,16-17H2,2-3H3,(H2,31,32,33). The number of nitrogens with two attached hydrogens (primary N) is 1. The summed E-state index contributed by atoms with van der Waals surface area (Å²) < 4.78 is 7.81. The van der Waals surface area contributed by atoms with E-state index < -0.39 is 0 Å². The molecule has 2 aromatic heterocycles. The molecule has 38 heavy (non-hydrogen) atoms. The topological polar surface area (TPSA) is 89.5 Å². The van der Waals surface area contributed by atoms with Crippen molar-refractivity contribution in [2.24, 2.45) is 13.0 Å². The summed E-state index contributed by atoms with van der Waals surface area (Å²) in [7, 11) is 3.72. The number of amides is 1. The first kappa shape index (κ1) is 24.5. The third-order valence-electron chi connectivity index (χ3n) is 8.31. The number of hydrogen-bond acceptors (Lipinski definition) is 6. The lowest BCUT2D eigenvalue weighted by molar-refractivity contribution is -0.127. The maximum Gasteiger partial charge on any atom is 0.245 e. The highest BCUT2D eigenvalue weighted by Crippen LogP contribution is 2.46. The van der Waals surface area contributed by atoms with Crippen LogP contribution in [0.4, 0.5) is 5.82 Å². The van der Waals surface area contributed by atoms with E-state index in [9.17, 15) is 4.79 Å². The molecule has 1 amide bonds.